The molecular formula is C20H28N6O. The van der Waals surface area contributed by atoms with Gasteiger partial charge in [0.1, 0.15) is 17.3 Å². The van der Waals surface area contributed by atoms with Crippen LogP contribution in [-0.4, -0.2) is 60.0 Å². The highest BCUT2D eigenvalue weighted by atomic mass is 16.1. The summed E-state index contributed by atoms with van der Waals surface area (Å²) in [5, 5.41) is 6.13. The van der Waals surface area contributed by atoms with Gasteiger partial charge >= 0.3 is 0 Å². The maximum Gasteiger partial charge on any atom is 0.274 e. The van der Waals surface area contributed by atoms with E-state index in [4.69, 9.17) is 0 Å². The number of carbonyl (C=O) groups excluding carboxylic acids is 1. The minimum atomic E-state index is -0.236. The van der Waals surface area contributed by atoms with E-state index in [1.807, 2.05) is 26.0 Å². The van der Waals surface area contributed by atoms with Gasteiger partial charge in [-0.25, -0.2) is 9.97 Å². The molecule has 3 rings (SSSR count). The van der Waals surface area contributed by atoms with Gasteiger partial charge < -0.3 is 20.4 Å². The number of likely N-dealkylation sites (N-methyl/N-ethyl adjacent to an activating group) is 1. The Bertz CT molecular complexity index is 782. The highest BCUT2D eigenvalue weighted by molar-refractivity contribution is 6.03. The summed E-state index contributed by atoms with van der Waals surface area (Å²) in [6.07, 6.45) is 0. The number of amides is 1. The molecule has 144 valence electrons. The third-order valence-corrected chi connectivity index (χ3v) is 4.50. The van der Waals surface area contributed by atoms with Crippen molar-refractivity contribution in [2.24, 2.45) is 0 Å². The molecule has 0 radical (unpaired) electrons. The van der Waals surface area contributed by atoms with E-state index in [1.54, 1.807) is 13.0 Å². The van der Waals surface area contributed by atoms with Crippen molar-refractivity contribution >= 4 is 23.1 Å². The molecule has 1 aromatic heterocycles. The molecule has 0 aliphatic carbocycles. The van der Waals surface area contributed by atoms with Gasteiger partial charge in [0.2, 0.25) is 0 Å². The second-order valence-corrected chi connectivity index (χ2v) is 7.28. The van der Waals surface area contributed by atoms with Gasteiger partial charge in [0.25, 0.3) is 5.91 Å². The molecule has 0 bridgehead atoms. The number of nitrogens with zero attached hydrogens (tertiary/aromatic N) is 4. The van der Waals surface area contributed by atoms with Gasteiger partial charge in [-0.1, -0.05) is 0 Å². The molecule has 0 atom stereocenters. The van der Waals surface area contributed by atoms with Crippen molar-refractivity contribution in [3.8, 4) is 0 Å². The molecule has 2 aromatic rings. The Hall–Kier alpha value is -2.67. The van der Waals surface area contributed by atoms with Gasteiger partial charge in [0, 0.05) is 49.7 Å². The van der Waals surface area contributed by atoms with E-state index in [2.05, 4.69) is 49.6 Å². The van der Waals surface area contributed by atoms with Crippen molar-refractivity contribution < 1.29 is 4.79 Å². The van der Waals surface area contributed by atoms with Crippen LogP contribution in [0.1, 0.15) is 30.2 Å². The first-order valence-corrected chi connectivity index (χ1v) is 9.38. The first-order chi connectivity index (χ1) is 12.9. The van der Waals surface area contributed by atoms with Crippen molar-refractivity contribution in [1.29, 1.82) is 0 Å². The van der Waals surface area contributed by atoms with Crippen LogP contribution in [0.2, 0.25) is 0 Å². The SMILES string of the molecule is Cc1nc(NC(C)C)cc(C(=O)Nc2ccc(N3CCN(C)CC3)cc2)n1. The average molecular weight is 368 g/mol. The zero-order chi connectivity index (χ0) is 19.4. The fraction of sp³-hybridized carbons (Fsp3) is 0.450. The summed E-state index contributed by atoms with van der Waals surface area (Å²) in [4.78, 5) is 25.9. The Balaban J connectivity index is 1.66. The summed E-state index contributed by atoms with van der Waals surface area (Å²) in [5.41, 5.74) is 2.30. The van der Waals surface area contributed by atoms with Gasteiger partial charge in [0.05, 0.1) is 0 Å². The van der Waals surface area contributed by atoms with Gasteiger partial charge in [-0.15, -0.1) is 0 Å². The number of benzene rings is 1. The summed E-state index contributed by atoms with van der Waals surface area (Å²) in [6, 6.07) is 9.90. The molecule has 1 aliphatic rings. The van der Waals surface area contributed by atoms with E-state index in [0.29, 0.717) is 17.3 Å². The number of nitrogens with one attached hydrogen (secondary N) is 2. The molecule has 1 amide bonds. The Morgan fingerprint density at radius 3 is 2.37 bits per heavy atom. The molecule has 1 aromatic carbocycles. The Labute approximate surface area is 160 Å². The third kappa shape index (κ3) is 5.17. The number of aryl methyl sites for hydroxylation is 1. The molecule has 27 heavy (non-hydrogen) atoms. The largest absolute Gasteiger partial charge is 0.369 e. The molecule has 0 unspecified atom stereocenters. The van der Waals surface area contributed by atoms with Crippen molar-refractivity contribution in [2.45, 2.75) is 26.8 Å². The Morgan fingerprint density at radius 1 is 1.07 bits per heavy atom. The number of hydrogen-bond donors (Lipinski definition) is 2. The lowest BCUT2D eigenvalue weighted by molar-refractivity contribution is 0.102. The second kappa shape index (κ2) is 8.35. The van der Waals surface area contributed by atoms with Crippen molar-refractivity contribution in [2.75, 3.05) is 48.8 Å². The minimum Gasteiger partial charge on any atom is -0.369 e. The standard InChI is InChI=1S/C20H28N6O/c1-14(2)21-19-13-18(22-15(3)23-19)20(27)24-16-5-7-17(8-6-16)26-11-9-25(4)10-12-26/h5-8,13-14H,9-12H2,1-4H3,(H,24,27)(H,21,22,23). The molecule has 0 saturated carbocycles. The normalized spacial score (nSPS) is 15.1. The van der Waals surface area contributed by atoms with E-state index in [1.165, 1.54) is 5.69 Å². The summed E-state index contributed by atoms with van der Waals surface area (Å²) in [5.74, 6) is 0.990. The number of hydrogen-bond acceptors (Lipinski definition) is 6. The van der Waals surface area contributed by atoms with E-state index in [9.17, 15) is 4.79 Å². The fourth-order valence-corrected chi connectivity index (χ4v) is 3.07. The highest BCUT2D eigenvalue weighted by Gasteiger charge is 2.15. The predicted molar refractivity (Wildman–Crippen MR) is 110 cm³/mol. The van der Waals surface area contributed by atoms with Crippen LogP contribution in [-0.2, 0) is 0 Å². The zero-order valence-corrected chi connectivity index (χ0v) is 16.5. The summed E-state index contributed by atoms with van der Waals surface area (Å²) in [6.45, 7) is 10.0. The molecule has 1 saturated heterocycles. The van der Waals surface area contributed by atoms with Crippen LogP contribution < -0.4 is 15.5 Å². The highest BCUT2D eigenvalue weighted by Crippen LogP contribution is 2.20. The van der Waals surface area contributed by atoms with Crippen LogP contribution in [0.5, 0.6) is 0 Å². The second-order valence-electron chi connectivity index (χ2n) is 7.28. The molecule has 2 heterocycles. The van der Waals surface area contributed by atoms with Gasteiger partial charge in [-0.3, -0.25) is 4.79 Å². The van der Waals surface area contributed by atoms with E-state index in [-0.39, 0.29) is 11.9 Å². The smallest absolute Gasteiger partial charge is 0.274 e. The van der Waals surface area contributed by atoms with Crippen molar-refractivity contribution in [1.82, 2.24) is 14.9 Å². The molecule has 1 aliphatic heterocycles. The lowest BCUT2D eigenvalue weighted by atomic mass is 10.2. The van der Waals surface area contributed by atoms with Gasteiger partial charge in [0.15, 0.2) is 0 Å². The molecule has 0 spiro atoms. The number of aromatic nitrogens is 2. The van der Waals surface area contributed by atoms with Crippen LogP contribution in [0.25, 0.3) is 0 Å². The van der Waals surface area contributed by atoms with E-state index >= 15 is 0 Å². The monoisotopic (exact) mass is 368 g/mol. The minimum absolute atomic E-state index is 0.234. The number of piperazine rings is 1. The van der Waals surface area contributed by atoms with Crippen LogP contribution >= 0.6 is 0 Å². The van der Waals surface area contributed by atoms with Gasteiger partial charge in [-0.05, 0) is 52.1 Å². The number of anilines is 3. The molecule has 1 fully saturated rings. The van der Waals surface area contributed by atoms with Crippen molar-refractivity contribution in [3.05, 3.63) is 41.9 Å². The topological polar surface area (TPSA) is 73.4 Å². The lowest BCUT2D eigenvalue weighted by Gasteiger charge is -2.34. The fourth-order valence-electron chi connectivity index (χ4n) is 3.07. The van der Waals surface area contributed by atoms with Crippen molar-refractivity contribution in [3.63, 3.8) is 0 Å². The van der Waals surface area contributed by atoms with E-state index < -0.39 is 0 Å². The molecule has 7 nitrogen and oxygen atoms in total. The van der Waals surface area contributed by atoms with Crippen LogP contribution in [0.3, 0.4) is 0 Å². The lowest BCUT2D eigenvalue weighted by Crippen LogP contribution is -2.44. The molecular weight excluding hydrogens is 340 g/mol. The first-order valence-electron chi connectivity index (χ1n) is 9.38. The Kier molecular flexibility index (Phi) is 5.91. The maximum atomic E-state index is 12.6. The van der Waals surface area contributed by atoms with Crippen LogP contribution in [0, 0.1) is 6.92 Å². The third-order valence-electron chi connectivity index (χ3n) is 4.50. The van der Waals surface area contributed by atoms with E-state index in [0.717, 1.165) is 31.9 Å². The van der Waals surface area contributed by atoms with Gasteiger partial charge in [-0.2, -0.15) is 0 Å². The average Bonchev–Trinajstić information content (AvgIpc) is 2.62. The number of rotatable bonds is 5. The maximum absolute atomic E-state index is 12.6. The summed E-state index contributed by atoms with van der Waals surface area (Å²) < 4.78 is 0. The summed E-state index contributed by atoms with van der Waals surface area (Å²) in [7, 11) is 2.15. The van der Waals surface area contributed by atoms with Crippen LogP contribution in [0.4, 0.5) is 17.2 Å². The zero-order valence-electron chi connectivity index (χ0n) is 16.5. The predicted octanol–water partition coefficient (Wildman–Crippen LogP) is 2.61. The number of carbonyl (C=O) groups is 1. The molecule has 7 heteroatoms. The van der Waals surface area contributed by atoms with Crippen LogP contribution in [0.15, 0.2) is 30.3 Å². The Morgan fingerprint density at radius 2 is 1.74 bits per heavy atom. The summed E-state index contributed by atoms with van der Waals surface area (Å²) >= 11 is 0. The molecule has 2 N–H and O–H groups in total. The first kappa shape index (κ1) is 19.1. The quantitative estimate of drug-likeness (QED) is 0.845.